The zero-order valence-electron chi connectivity index (χ0n) is 61.4. The molecule has 28 heteroatoms. The lowest BCUT2D eigenvalue weighted by Crippen LogP contribution is -2.38. The number of anilines is 4. The molecule has 0 atom stereocenters. The molecule has 0 radical (unpaired) electrons. The van der Waals surface area contributed by atoms with Gasteiger partial charge in [0.25, 0.3) is 29.6 Å². The van der Waals surface area contributed by atoms with Crippen molar-refractivity contribution >= 4 is 73.2 Å². The normalized spacial score (nSPS) is 14.6. The predicted octanol–water partition coefficient (Wildman–Crippen LogP) is 17.9. The molecule has 0 bridgehead atoms. The highest BCUT2D eigenvalue weighted by Crippen LogP contribution is 2.35. The first-order valence-corrected chi connectivity index (χ1v) is 37.1. The van der Waals surface area contributed by atoms with Crippen LogP contribution in [0.1, 0.15) is 74.7 Å². The van der Waals surface area contributed by atoms with Crippen molar-refractivity contribution in [1.82, 2.24) is 70.3 Å². The molecule has 3 saturated heterocycles. The van der Waals surface area contributed by atoms with Gasteiger partial charge in [-0.25, -0.2) is 30.7 Å². The molecule has 3 aliphatic rings. The number of H-pyrrole nitrogens is 3. The number of aromatic amines is 3. The molecule has 6 N–H and O–H groups in total. The number of carbonyl (C=O) groups excluding carboxylic acids is 3. The number of nitrogens with zero attached hydrogens (tertiary/aromatic N) is 12. The average Bonchev–Trinajstić information content (AvgIpc) is 1.67. The highest BCUT2D eigenvalue weighted by molar-refractivity contribution is 6.13. The summed E-state index contributed by atoms with van der Waals surface area (Å²) in [5, 5.41) is 32.0. The Hall–Kier alpha value is -13.7. The molecule has 12 heterocycles. The van der Waals surface area contributed by atoms with E-state index in [0.29, 0.717) is 94.4 Å². The minimum Gasteiger partial charge on any atom is -0.370 e. The molecule has 3 aliphatic heterocycles. The lowest BCUT2D eigenvalue weighted by atomic mass is 10.0. The fourth-order valence-corrected chi connectivity index (χ4v) is 14.1. The third-order valence-corrected chi connectivity index (χ3v) is 20.3. The van der Waals surface area contributed by atoms with Crippen LogP contribution in [-0.2, 0) is 13.1 Å². The first-order valence-electron chi connectivity index (χ1n) is 37.1. The number of hydrogen-bond donors (Lipinski definition) is 6. The van der Waals surface area contributed by atoms with Crippen molar-refractivity contribution in [2.24, 2.45) is 0 Å². The zero-order valence-corrected chi connectivity index (χ0v) is 61.4. The van der Waals surface area contributed by atoms with Crippen molar-refractivity contribution in [2.45, 2.75) is 57.0 Å². The van der Waals surface area contributed by atoms with Gasteiger partial charge in [0, 0.05) is 146 Å². The van der Waals surface area contributed by atoms with E-state index in [1.54, 1.807) is 109 Å². The number of benzene rings is 6. The molecule has 0 saturated carbocycles. The molecule has 18 rings (SSSR count). The van der Waals surface area contributed by atoms with Crippen LogP contribution in [0.2, 0.25) is 0 Å². The van der Waals surface area contributed by atoms with Gasteiger partial charge in [-0.1, -0.05) is 18.2 Å². The fourth-order valence-electron chi connectivity index (χ4n) is 14.1. The highest BCUT2D eigenvalue weighted by atomic mass is 19.3. The number of hydrogen-bond acceptors (Lipinski definition) is 15. The van der Waals surface area contributed by atoms with Crippen LogP contribution in [0.4, 0.5) is 53.5 Å². The predicted molar refractivity (Wildman–Crippen MR) is 426 cm³/mol. The van der Waals surface area contributed by atoms with E-state index in [-0.39, 0.29) is 60.6 Å². The second-order valence-corrected chi connectivity index (χ2v) is 28.4. The van der Waals surface area contributed by atoms with E-state index < -0.39 is 23.7 Å². The molecule has 0 unspecified atom stereocenters. The molecule has 15 aromatic rings. The van der Waals surface area contributed by atoms with Crippen molar-refractivity contribution in [1.29, 1.82) is 0 Å². The van der Waals surface area contributed by atoms with Crippen LogP contribution in [-0.4, -0.2) is 139 Å². The SMILES string of the molecule is O=C(Nc1ccc(-c2ccc(F)cc2)nc1)c1n[nH]c2ccc(-c3cncc(CN4CCC(F)(F)C4)c3)cc12.O=C(Nc1ccc(-c2ccc(F)cc2)nc1)c1n[nH]c2ccc(-c3cncc(CN4CCC(F)(F)CC4)c3)cc12.O=C(Nc1ccc(-c2ccc(F)cc2)nc1)c1n[nH]c2ccc(-c3cncc(N4CCCC4)c3)cc12. The number of nitrogens with one attached hydrogen (secondary N) is 6. The number of aromatic nitrogens is 12. The van der Waals surface area contributed by atoms with Crippen molar-refractivity contribution in [3.8, 4) is 67.2 Å². The quantitative estimate of drug-likeness (QED) is 0.0463. The summed E-state index contributed by atoms with van der Waals surface area (Å²) < 4.78 is 93.8. The number of likely N-dealkylation sites (tertiary alicyclic amines) is 2. The maximum Gasteiger partial charge on any atom is 0.276 e. The molecule has 3 amide bonds. The Balaban J connectivity index is 0.000000130. The standard InChI is InChI=1S/C30H25F3N6O.C29H23F3N6O.C28H23FN6O/c31-23-4-1-20(2-5-23)26-8-6-24(17-35-26)36-29(40)28-25-14-21(3-7-27(25)37-38-28)22-13-19(15-34-16-22)18-39-11-9-30(32,33)10-12-39;30-22-4-1-19(2-5-22)25-8-6-23(15-34-25)35-28(39)27-24-12-20(3-7-26(24)36-37-27)21-11-18(13-33-14-21)16-38-10-9-29(31,32)17-38;29-21-6-3-18(4-7-21)25-10-8-22(16-31-25)32-28(36)27-24-14-19(5-9-26(24)33-34-27)20-13-23(17-30-15-20)35-11-1-2-12-35/h1-8,13-17H,9-12,18H2,(H,36,40)(H,37,38);1-8,11-15H,9-10,16-17H2,(H,35,39)(H,36,37);3-10,13-17H,1-2,11-12H2,(H,32,36)(H,33,34). The van der Waals surface area contributed by atoms with Gasteiger partial charge in [0.15, 0.2) is 17.1 Å². The summed E-state index contributed by atoms with van der Waals surface area (Å²) in [5.41, 5.74) is 17.0. The first kappa shape index (κ1) is 75.3. The number of halogens is 7. The summed E-state index contributed by atoms with van der Waals surface area (Å²) in [7, 11) is 0. The minimum atomic E-state index is -2.64. The number of pyridine rings is 6. The average molecular weight is 1550 g/mol. The Kier molecular flexibility index (Phi) is 21.6. The van der Waals surface area contributed by atoms with Gasteiger partial charge >= 0.3 is 0 Å². The molecule has 3 fully saturated rings. The van der Waals surface area contributed by atoms with Crippen LogP contribution in [0.5, 0.6) is 0 Å². The van der Waals surface area contributed by atoms with E-state index >= 15 is 0 Å². The Morgan fingerprint density at radius 3 is 1.07 bits per heavy atom. The number of carbonyl (C=O) groups is 3. The Labute approximate surface area is 653 Å². The lowest BCUT2D eigenvalue weighted by Gasteiger charge is -2.31. The summed E-state index contributed by atoms with van der Waals surface area (Å²) in [5.74, 6) is -7.30. The van der Waals surface area contributed by atoms with Gasteiger partial charge in [0.05, 0.1) is 87.7 Å². The molecule has 6 aromatic carbocycles. The van der Waals surface area contributed by atoms with E-state index in [2.05, 4.69) is 87.4 Å². The molecule has 9 aromatic heterocycles. The summed E-state index contributed by atoms with van der Waals surface area (Å²) >= 11 is 0. The maximum absolute atomic E-state index is 13.6. The third-order valence-electron chi connectivity index (χ3n) is 20.3. The van der Waals surface area contributed by atoms with Crippen LogP contribution in [0.25, 0.3) is 99.9 Å². The van der Waals surface area contributed by atoms with Gasteiger partial charge in [-0.05, 0) is 204 Å². The highest BCUT2D eigenvalue weighted by Gasteiger charge is 2.38. The van der Waals surface area contributed by atoms with E-state index in [0.717, 1.165) is 90.9 Å². The number of rotatable bonds is 17. The largest absolute Gasteiger partial charge is 0.370 e. The second kappa shape index (κ2) is 32.9. The summed E-state index contributed by atoms with van der Waals surface area (Å²) in [6.07, 6.45) is 17.3. The third kappa shape index (κ3) is 17.9. The van der Waals surface area contributed by atoms with Crippen LogP contribution < -0.4 is 20.9 Å². The summed E-state index contributed by atoms with van der Waals surface area (Å²) in [6, 6.07) is 51.8. The van der Waals surface area contributed by atoms with E-state index in [9.17, 15) is 45.1 Å². The van der Waals surface area contributed by atoms with Gasteiger partial charge in [-0.15, -0.1) is 0 Å². The van der Waals surface area contributed by atoms with E-state index in [4.69, 9.17) is 0 Å². The van der Waals surface area contributed by atoms with Gasteiger partial charge < -0.3 is 20.9 Å². The molecule has 21 nitrogen and oxygen atoms in total. The molecule has 115 heavy (non-hydrogen) atoms. The monoisotopic (exact) mass is 1550 g/mol. The minimum absolute atomic E-state index is 0.128. The second-order valence-electron chi connectivity index (χ2n) is 28.4. The number of piperidine rings is 1. The van der Waals surface area contributed by atoms with E-state index in [1.807, 2.05) is 84.0 Å². The molecular weight excluding hydrogens is 1480 g/mol. The zero-order chi connectivity index (χ0) is 79.2. The van der Waals surface area contributed by atoms with Crippen molar-refractivity contribution in [3.63, 3.8) is 0 Å². The molecule has 0 aliphatic carbocycles. The Morgan fingerprint density at radius 2 is 0.704 bits per heavy atom. The van der Waals surface area contributed by atoms with Crippen LogP contribution in [0, 0.1) is 17.5 Å². The number of fused-ring (bicyclic) bond motifs is 3. The van der Waals surface area contributed by atoms with Crippen molar-refractivity contribution in [3.05, 3.63) is 283 Å². The Morgan fingerprint density at radius 1 is 0.357 bits per heavy atom. The molecular formula is C87H71F7N18O3. The van der Waals surface area contributed by atoms with E-state index in [1.165, 1.54) is 61.6 Å². The smallest absolute Gasteiger partial charge is 0.276 e. The fraction of sp³-hybridized carbons (Fsp3) is 0.172. The number of amides is 3. The number of alkyl halides is 4. The van der Waals surface area contributed by atoms with Gasteiger partial charge in [-0.2, -0.15) is 15.3 Å². The summed E-state index contributed by atoms with van der Waals surface area (Å²) in [6.45, 7) is 3.84. The maximum atomic E-state index is 13.6. The van der Waals surface area contributed by atoms with Crippen molar-refractivity contribution in [2.75, 3.05) is 60.1 Å². The summed E-state index contributed by atoms with van der Waals surface area (Å²) in [4.78, 5) is 71.6. The topological polar surface area (TPSA) is 260 Å². The van der Waals surface area contributed by atoms with Gasteiger partial charge in [-0.3, -0.25) is 69.4 Å². The lowest BCUT2D eigenvalue weighted by molar-refractivity contribution is -0.0566. The Bertz CT molecular complexity index is 6010. The van der Waals surface area contributed by atoms with Crippen LogP contribution >= 0.6 is 0 Å². The van der Waals surface area contributed by atoms with Gasteiger partial charge in [0.1, 0.15) is 17.5 Å². The first-order chi connectivity index (χ1) is 55.8. The van der Waals surface area contributed by atoms with Crippen LogP contribution in [0.3, 0.4) is 0 Å². The van der Waals surface area contributed by atoms with Crippen LogP contribution in [0.15, 0.2) is 238 Å². The van der Waals surface area contributed by atoms with Crippen molar-refractivity contribution < 1.29 is 45.1 Å². The molecule has 576 valence electrons. The molecule has 0 spiro atoms. The van der Waals surface area contributed by atoms with Gasteiger partial charge in [0.2, 0.25) is 0 Å².